The monoisotopic (exact) mass is 323 g/mol. The number of rotatable bonds is 3. The summed E-state index contributed by atoms with van der Waals surface area (Å²) in [5.41, 5.74) is 2.47. The summed E-state index contributed by atoms with van der Waals surface area (Å²) in [5.74, 6) is 0.745. The van der Waals surface area contributed by atoms with E-state index in [1.807, 2.05) is 13.0 Å². The molecule has 0 atom stereocenters. The molecule has 2 heterocycles. The number of para-hydroxylation sites is 1. The highest BCUT2D eigenvalue weighted by molar-refractivity contribution is 6.31. The first-order valence-electron chi connectivity index (χ1n) is 6.46. The molecule has 0 unspecified atom stereocenters. The molecule has 0 aliphatic heterocycles. The van der Waals surface area contributed by atoms with E-state index >= 15 is 0 Å². The van der Waals surface area contributed by atoms with Crippen molar-refractivity contribution in [1.29, 1.82) is 0 Å². The van der Waals surface area contributed by atoms with E-state index in [9.17, 15) is 4.39 Å². The molecule has 3 aromatic rings. The van der Waals surface area contributed by atoms with Gasteiger partial charge >= 0.3 is 0 Å². The van der Waals surface area contributed by atoms with Crippen molar-refractivity contribution >= 4 is 34.4 Å². The van der Waals surface area contributed by atoms with Crippen molar-refractivity contribution in [3.8, 4) is 5.69 Å². The topological polar surface area (TPSA) is 30.7 Å². The highest BCUT2D eigenvalue weighted by Gasteiger charge is 2.18. The van der Waals surface area contributed by atoms with Crippen molar-refractivity contribution in [3.63, 3.8) is 0 Å². The SMILES string of the molecule is Cc1cccc(F)c1-n1c(CCCl)nc2cc(Cl)cnc21. The quantitative estimate of drug-likeness (QED) is 0.673. The number of halogens is 3. The van der Waals surface area contributed by atoms with Gasteiger partial charge in [0.05, 0.1) is 10.7 Å². The van der Waals surface area contributed by atoms with Gasteiger partial charge in [0, 0.05) is 18.5 Å². The zero-order valence-electron chi connectivity index (χ0n) is 11.3. The number of imidazole rings is 1. The molecule has 108 valence electrons. The van der Waals surface area contributed by atoms with Crippen LogP contribution in [0.4, 0.5) is 4.39 Å². The molecule has 0 fully saturated rings. The molecular weight excluding hydrogens is 312 g/mol. The maximum Gasteiger partial charge on any atom is 0.164 e. The lowest BCUT2D eigenvalue weighted by atomic mass is 10.2. The summed E-state index contributed by atoms with van der Waals surface area (Å²) in [7, 11) is 0. The Hall–Kier alpha value is -1.65. The first-order chi connectivity index (χ1) is 10.1. The molecule has 0 amide bonds. The molecule has 0 bridgehead atoms. The van der Waals surface area contributed by atoms with Crippen LogP contribution < -0.4 is 0 Å². The molecule has 0 radical (unpaired) electrons. The van der Waals surface area contributed by atoms with Crippen molar-refractivity contribution in [2.75, 3.05) is 5.88 Å². The molecule has 0 aliphatic rings. The van der Waals surface area contributed by atoms with Gasteiger partial charge in [-0.1, -0.05) is 23.7 Å². The summed E-state index contributed by atoms with van der Waals surface area (Å²) >= 11 is 11.8. The van der Waals surface area contributed by atoms with Gasteiger partial charge in [-0.15, -0.1) is 11.6 Å². The third-order valence-electron chi connectivity index (χ3n) is 3.26. The molecule has 21 heavy (non-hydrogen) atoms. The van der Waals surface area contributed by atoms with Crippen LogP contribution in [0.1, 0.15) is 11.4 Å². The summed E-state index contributed by atoms with van der Waals surface area (Å²) in [5, 5.41) is 0.495. The second-order valence-corrected chi connectivity index (χ2v) is 5.52. The summed E-state index contributed by atoms with van der Waals surface area (Å²) in [6.07, 6.45) is 2.05. The van der Waals surface area contributed by atoms with Crippen LogP contribution in [0, 0.1) is 12.7 Å². The largest absolute Gasteiger partial charge is 0.277 e. The lowest BCUT2D eigenvalue weighted by Gasteiger charge is -2.12. The van der Waals surface area contributed by atoms with E-state index in [1.54, 1.807) is 16.7 Å². The number of nitrogens with zero attached hydrogens (tertiary/aromatic N) is 3. The average Bonchev–Trinajstić information content (AvgIpc) is 2.77. The number of fused-ring (bicyclic) bond motifs is 1. The number of hydrogen-bond donors (Lipinski definition) is 0. The Labute approximate surface area is 131 Å². The number of hydrogen-bond acceptors (Lipinski definition) is 2. The predicted octanol–water partition coefficient (Wildman–Crippen LogP) is 4.30. The third-order valence-corrected chi connectivity index (χ3v) is 3.66. The van der Waals surface area contributed by atoms with Crippen LogP contribution >= 0.6 is 23.2 Å². The summed E-state index contributed by atoms with van der Waals surface area (Å²) in [6, 6.07) is 6.67. The van der Waals surface area contributed by atoms with E-state index in [4.69, 9.17) is 23.2 Å². The van der Waals surface area contributed by atoms with Gasteiger partial charge in [0.2, 0.25) is 0 Å². The second-order valence-electron chi connectivity index (χ2n) is 4.70. The van der Waals surface area contributed by atoms with Crippen molar-refractivity contribution in [2.45, 2.75) is 13.3 Å². The second kappa shape index (κ2) is 5.62. The van der Waals surface area contributed by atoms with Gasteiger partial charge in [0.1, 0.15) is 17.2 Å². The molecule has 1 aromatic carbocycles. The Morgan fingerprint density at radius 2 is 2.14 bits per heavy atom. The lowest BCUT2D eigenvalue weighted by molar-refractivity contribution is 0.615. The Balaban J connectivity index is 2.36. The number of benzene rings is 1. The van der Waals surface area contributed by atoms with Gasteiger partial charge in [-0.3, -0.25) is 4.57 Å². The lowest BCUT2D eigenvalue weighted by Crippen LogP contribution is -2.07. The fraction of sp³-hybridized carbons (Fsp3) is 0.200. The van der Waals surface area contributed by atoms with Gasteiger partial charge in [0.25, 0.3) is 0 Å². The van der Waals surface area contributed by atoms with Gasteiger partial charge in [0.15, 0.2) is 5.65 Å². The Bertz CT molecular complexity index is 794. The molecular formula is C15H12Cl2FN3. The minimum absolute atomic E-state index is 0.318. The first kappa shape index (κ1) is 14.3. The summed E-state index contributed by atoms with van der Waals surface area (Å²) in [6.45, 7) is 1.85. The van der Waals surface area contributed by atoms with Gasteiger partial charge < -0.3 is 0 Å². The normalized spacial score (nSPS) is 11.2. The molecule has 3 nitrogen and oxygen atoms in total. The Morgan fingerprint density at radius 3 is 2.86 bits per heavy atom. The zero-order chi connectivity index (χ0) is 15.0. The number of alkyl halides is 1. The molecule has 0 saturated heterocycles. The minimum atomic E-state index is -0.318. The van der Waals surface area contributed by atoms with Crippen molar-refractivity contribution in [3.05, 3.63) is 52.7 Å². The maximum absolute atomic E-state index is 14.3. The molecule has 0 saturated carbocycles. The maximum atomic E-state index is 14.3. The van der Waals surface area contributed by atoms with Crippen molar-refractivity contribution in [1.82, 2.24) is 14.5 Å². The van der Waals surface area contributed by atoms with Crippen molar-refractivity contribution in [2.24, 2.45) is 0 Å². The van der Waals surface area contributed by atoms with Crippen LogP contribution in [-0.2, 0) is 6.42 Å². The Morgan fingerprint density at radius 1 is 1.33 bits per heavy atom. The predicted molar refractivity (Wildman–Crippen MR) is 83.0 cm³/mol. The van der Waals surface area contributed by atoms with Gasteiger partial charge in [-0.25, -0.2) is 14.4 Å². The van der Waals surface area contributed by atoms with E-state index < -0.39 is 0 Å². The van der Waals surface area contributed by atoms with E-state index in [1.165, 1.54) is 12.3 Å². The minimum Gasteiger partial charge on any atom is -0.277 e. The fourth-order valence-electron chi connectivity index (χ4n) is 2.38. The molecule has 2 aromatic heterocycles. The molecule has 3 rings (SSSR count). The third kappa shape index (κ3) is 2.49. The molecule has 0 aliphatic carbocycles. The molecule has 6 heteroatoms. The molecule has 0 N–H and O–H groups in total. The highest BCUT2D eigenvalue weighted by Crippen LogP contribution is 2.26. The summed E-state index contributed by atoms with van der Waals surface area (Å²) in [4.78, 5) is 8.79. The average molecular weight is 324 g/mol. The Kier molecular flexibility index (Phi) is 3.83. The van der Waals surface area contributed by atoms with Crippen LogP contribution in [0.5, 0.6) is 0 Å². The van der Waals surface area contributed by atoms with E-state index in [2.05, 4.69) is 9.97 Å². The van der Waals surface area contributed by atoms with Crippen LogP contribution in [0.2, 0.25) is 5.02 Å². The number of aryl methyl sites for hydroxylation is 2. The van der Waals surface area contributed by atoms with Crippen LogP contribution in [0.3, 0.4) is 0 Å². The standard InChI is InChI=1S/C15H12Cl2FN3/c1-9-3-2-4-11(18)14(9)21-13(5-6-16)20-12-7-10(17)8-19-15(12)21/h2-4,7-8H,5-6H2,1H3. The fourth-order valence-corrected chi connectivity index (χ4v) is 2.70. The summed E-state index contributed by atoms with van der Waals surface area (Å²) < 4.78 is 16.0. The van der Waals surface area contributed by atoms with E-state index in [0.717, 1.165) is 5.56 Å². The first-order valence-corrected chi connectivity index (χ1v) is 7.37. The van der Waals surface area contributed by atoms with Crippen molar-refractivity contribution < 1.29 is 4.39 Å². The van der Waals surface area contributed by atoms with Crippen LogP contribution in [0.25, 0.3) is 16.9 Å². The van der Waals surface area contributed by atoms with Crippen LogP contribution in [0.15, 0.2) is 30.5 Å². The van der Waals surface area contributed by atoms with Gasteiger partial charge in [-0.2, -0.15) is 0 Å². The zero-order valence-corrected chi connectivity index (χ0v) is 12.8. The molecule has 0 spiro atoms. The smallest absolute Gasteiger partial charge is 0.164 e. The van der Waals surface area contributed by atoms with E-state index in [0.29, 0.717) is 40.0 Å². The van der Waals surface area contributed by atoms with Gasteiger partial charge in [-0.05, 0) is 24.6 Å². The van der Waals surface area contributed by atoms with Crippen LogP contribution in [-0.4, -0.2) is 20.4 Å². The van der Waals surface area contributed by atoms with E-state index in [-0.39, 0.29) is 5.82 Å². The highest BCUT2D eigenvalue weighted by atomic mass is 35.5. The number of aromatic nitrogens is 3. The number of pyridine rings is 1.